The Balaban J connectivity index is 1.82. The van der Waals surface area contributed by atoms with Crippen molar-refractivity contribution >= 4 is 43.9 Å². The highest BCUT2D eigenvalue weighted by molar-refractivity contribution is 7.85. The lowest BCUT2D eigenvalue weighted by atomic mass is 10.0. The van der Waals surface area contributed by atoms with Crippen LogP contribution < -0.4 is 18.8 Å². The number of esters is 1. The number of carbonyl (C=O) groups excluding carboxylic acids is 1. The molecule has 0 unspecified atom stereocenters. The molecule has 1 N–H and O–H groups in total. The molecule has 59 heavy (non-hydrogen) atoms. The highest BCUT2D eigenvalue weighted by Gasteiger charge is 2.28. The van der Waals surface area contributed by atoms with Gasteiger partial charge in [0.1, 0.15) is 30.5 Å². The number of nitrogens with zero attached hydrogens (tertiary/aromatic N) is 1. The van der Waals surface area contributed by atoms with E-state index in [-0.39, 0.29) is 76.1 Å². The molecule has 3 aromatic carbocycles. The number of pyridine rings is 1. The van der Waals surface area contributed by atoms with Crippen LogP contribution in [0.1, 0.15) is 38.3 Å². The number of ether oxygens (including phenoxy) is 10. The number of aromatic carboxylic acids is 1. The zero-order valence-corrected chi connectivity index (χ0v) is 34.7. The SMILES string of the molecule is COCCOCCOCc1cc(C(=O)O)cc(C)c1OC(=O)c1c2cc(OCCOCCOC)ccc2[n+](CCCS(=O)(=O)[O-])c2ccc(OCCOCCOC)cc12. The fourth-order valence-electron chi connectivity index (χ4n) is 6.05. The van der Waals surface area contributed by atoms with E-state index in [9.17, 15) is 27.7 Å². The van der Waals surface area contributed by atoms with Gasteiger partial charge in [-0.2, -0.15) is 4.57 Å². The third-order valence-corrected chi connectivity index (χ3v) is 9.54. The zero-order valence-electron chi connectivity index (χ0n) is 33.9. The first-order valence-electron chi connectivity index (χ1n) is 19.0. The summed E-state index contributed by atoms with van der Waals surface area (Å²) in [7, 11) is 0.198. The summed E-state index contributed by atoms with van der Waals surface area (Å²) in [6, 6.07) is 13.0. The maximum absolute atomic E-state index is 14.8. The van der Waals surface area contributed by atoms with Crippen molar-refractivity contribution in [2.75, 3.05) is 106 Å². The van der Waals surface area contributed by atoms with Crippen LogP contribution in [-0.2, 0) is 56.4 Å². The molecule has 4 aromatic rings. The van der Waals surface area contributed by atoms with E-state index in [4.69, 9.17) is 47.4 Å². The van der Waals surface area contributed by atoms with Crippen LogP contribution in [0.2, 0.25) is 0 Å². The van der Waals surface area contributed by atoms with Gasteiger partial charge >= 0.3 is 11.9 Å². The summed E-state index contributed by atoms with van der Waals surface area (Å²) < 4.78 is 92.4. The molecule has 4 rings (SSSR count). The first-order chi connectivity index (χ1) is 28.5. The minimum absolute atomic E-state index is 0.00543. The predicted molar refractivity (Wildman–Crippen MR) is 213 cm³/mol. The molecule has 0 atom stereocenters. The van der Waals surface area contributed by atoms with E-state index in [2.05, 4.69) is 0 Å². The third-order valence-electron chi connectivity index (χ3n) is 8.75. The highest BCUT2D eigenvalue weighted by atomic mass is 32.2. The van der Waals surface area contributed by atoms with Gasteiger partial charge in [0, 0.05) is 51.2 Å². The molecule has 18 heteroatoms. The van der Waals surface area contributed by atoms with Crippen LogP contribution in [0.3, 0.4) is 0 Å². The number of hydrogen-bond donors (Lipinski definition) is 1. The van der Waals surface area contributed by atoms with Crippen LogP contribution in [-0.4, -0.2) is 136 Å². The maximum atomic E-state index is 14.8. The zero-order chi connectivity index (χ0) is 42.6. The molecule has 324 valence electrons. The van der Waals surface area contributed by atoms with E-state index in [0.717, 1.165) is 0 Å². The molecule has 0 bridgehead atoms. The first-order valence-corrected chi connectivity index (χ1v) is 20.5. The monoisotopic (exact) mass is 847 g/mol. The van der Waals surface area contributed by atoms with Crippen molar-refractivity contribution in [1.29, 1.82) is 0 Å². The summed E-state index contributed by atoms with van der Waals surface area (Å²) in [5.41, 5.74) is 1.84. The van der Waals surface area contributed by atoms with Gasteiger partial charge in [-0.1, -0.05) is 0 Å². The van der Waals surface area contributed by atoms with Crippen molar-refractivity contribution in [3.8, 4) is 17.2 Å². The van der Waals surface area contributed by atoms with Crippen molar-refractivity contribution in [2.24, 2.45) is 0 Å². The lowest BCUT2D eigenvalue weighted by Crippen LogP contribution is -2.37. The highest BCUT2D eigenvalue weighted by Crippen LogP contribution is 2.34. The molecule has 0 amide bonds. The van der Waals surface area contributed by atoms with E-state index in [1.807, 2.05) is 4.57 Å². The van der Waals surface area contributed by atoms with E-state index >= 15 is 0 Å². The molecule has 1 heterocycles. The standard InChI is InChI=1S/C41H53NO16S/c1-29-24-30(40(43)44)25-31(28-55-18-17-52-14-11-49-2)39(29)58-41(45)38-34-26-32(56-21-19-53-15-12-50-3)6-8-36(34)42(10-5-23-59(46,47)48)37-9-7-33(27-35(37)38)57-22-20-54-16-13-51-4/h6-9,24-27H,5,10-23,28H2,1-4H3,(H-,43,44,46,47,48). The molecule has 0 saturated heterocycles. The molecule has 1 aromatic heterocycles. The van der Waals surface area contributed by atoms with E-state index in [0.29, 0.717) is 84.1 Å². The third kappa shape index (κ3) is 14.9. The number of carbonyl (C=O) groups is 2. The maximum Gasteiger partial charge on any atom is 0.345 e. The lowest BCUT2D eigenvalue weighted by Gasteiger charge is -2.17. The summed E-state index contributed by atoms with van der Waals surface area (Å²) in [5.74, 6) is -1.64. The first kappa shape index (κ1) is 47.2. The Morgan fingerprint density at radius 3 is 1.66 bits per heavy atom. The average Bonchev–Trinajstić information content (AvgIpc) is 3.20. The molecule has 0 aliphatic rings. The molecule has 0 aliphatic heterocycles. The van der Waals surface area contributed by atoms with Crippen LogP contribution >= 0.6 is 0 Å². The van der Waals surface area contributed by atoms with Crippen molar-refractivity contribution in [1.82, 2.24) is 0 Å². The Morgan fingerprint density at radius 2 is 1.17 bits per heavy atom. The van der Waals surface area contributed by atoms with Crippen LogP contribution in [0.4, 0.5) is 0 Å². The van der Waals surface area contributed by atoms with Gasteiger partial charge in [-0.05, 0) is 48.9 Å². The number of aromatic nitrogens is 1. The predicted octanol–water partition coefficient (Wildman–Crippen LogP) is 3.70. The van der Waals surface area contributed by atoms with Gasteiger partial charge in [0.15, 0.2) is 6.54 Å². The quantitative estimate of drug-likeness (QED) is 0.0206. The Kier molecular flexibility index (Phi) is 19.6. The fraction of sp³-hybridized carbons (Fsp3) is 0.488. The van der Waals surface area contributed by atoms with Crippen LogP contribution in [0, 0.1) is 6.92 Å². The number of rotatable bonds is 29. The summed E-state index contributed by atoms with van der Waals surface area (Å²) in [5, 5.41) is 10.6. The summed E-state index contributed by atoms with van der Waals surface area (Å²) >= 11 is 0. The Morgan fingerprint density at radius 1 is 0.678 bits per heavy atom. The molecule has 0 radical (unpaired) electrons. The number of methoxy groups -OCH3 is 3. The van der Waals surface area contributed by atoms with Gasteiger partial charge < -0.3 is 57.0 Å². The molecule has 17 nitrogen and oxygen atoms in total. The van der Waals surface area contributed by atoms with E-state index < -0.39 is 27.8 Å². The van der Waals surface area contributed by atoms with E-state index in [1.165, 1.54) is 12.1 Å². The molecular weight excluding hydrogens is 795 g/mol. The lowest BCUT2D eigenvalue weighted by molar-refractivity contribution is -0.645. The van der Waals surface area contributed by atoms with Gasteiger partial charge in [0.05, 0.1) is 105 Å². The number of fused-ring (bicyclic) bond motifs is 2. The smallest absolute Gasteiger partial charge is 0.345 e. The number of benzene rings is 3. The second-order valence-electron chi connectivity index (χ2n) is 13.0. The normalized spacial score (nSPS) is 11.7. The van der Waals surface area contributed by atoms with Crippen molar-refractivity contribution < 1.29 is 79.6 Å². The summed E-state index contributed by atoms with van der Waals surface area (Å²) in [4.78, 5) is 26.8. The Bertz CT molecular complexity index is 2010. The molecule has 0 spiro atoms. The number of aryl methyl sites for hydroxylation is 2. The minimum atomic E-state index is -4.51. The van der Waals surface area contributed by atoms with Crippen molar-refractivity contribution in [3.05, 3.63) is 70.8 Å². The van der Waals surface area contributed by atoms with Crippen LogP contribution in [0.15, 0.2) is 48.5 Å². The fourth-order valence-corrected chi connectivity index (χ4v) is 6.54. The van der Waals surface area contributed by atoms with Gasteiger partial charge in [0.25, 0.3) is 0 Å². The number of hydrogen-bond acceptors (Lipinski definition) is 15. The second kappa shape index (κ2) is 24.6. The van der Waals surface area contributed by atoms with Gasteiger partial charge in [-0.3, -0.25) is 0 Å². The second-order valence-corrected chi connectivity index (χ2v) is 14.6. The van der Waals surface area contributed by atoms with Crippen molar-refractivity contribution in [3.63, 3.8) is 0 Å². The van der Waals surface area contributed by atoms with Gasteiger partial charge in [-0.15, -0.1) is 0 Å². The minimum Gasteiger partial charge on any atom is -0.748 e. The Labute approximate surface area is 343 Å². The average molecular weight is 848 g/mol. The number of carboxylic acids is 1. The molecule has 0 aliphatic carbocycles. The van der Waals surface area contributed by atoms with Gasteiger partial charge in [-0.25, -0.2) is 18.0 Å². The van der Waals surface area contributed by atoms with Crippen LogP contribution in [0.25, 0.3) is 21.8 Å². The summed E-state index contributed by atoms with van der Waals surface area (Å²) in [6.45, 7) is 5.37. The number of carboxylic acid groups (broad SMARTS) is 1. The largest absolute Gasteiger partial charge is 0.748 e. The molecule has 0 fully saturated rings. The summed E-state index contributed by atoms with van der Waals surface area (Å²) in [6.07, 6.45) is -0.00543. The van der Waals surface area contributed by atoms with E-state index in [1.54, 1.807) is 64.7 Å². The topological polar surface area (TPSA) is 208 Å². The molecule has 0 saturated carbocycles. The van der Waals surface area contributed by atoms with Gasteiger partial charge in [0.2, 0.25) is 11.0 Å². The van der Waals surface area contributed by atoms with Crippen LogP contribution in [0.5, 0.6) is 17.2 Å². The molecular formula is C41H53NO16S. The Hall–Kier alpha value is -4.50. The van der Waals surface area contributed by atoms with Crippen molar-refractivity contribution in [2.45, 2.75) is 26.5 Å².